The summed E-state index contributed by atoms with van der Waals surface area (Å²) in [6, 6.07) is -0.853. The Hall–Kier alpha value is -1.30. The van der Waals surface area contributed by atoms with Crippen molar-refractivity contribution in [1.82, 2.24) is 5.32 Å². The number of alkyl carbamates (subject to hydrolysis) is 1. The second-order valence-corrected chi connectivity index (χ2v) is 3.00. The first-order valence-electron chi connectivity index (χ1n) is 4.85. The molecule has 88 valence electrons. The minimum Gasteiger partial charge on any atom is -0.468 e. The van der Waals surface area contributed by atoms with Crippen LogP contribution in [0.1, 0.15) is 19.8 Å². The Morgan fingerprint density at radius 1 is 1.47 bits per heavy atom. The average molecular weight is 218 g/mol. The van der Waals surface area contributed by atoms with Gasteiger partial charge < -0.3 is 20.5 Å². The van der Waals surface area contributed by atoms with Crippen LogP contribution in [0.5, 0.6) is 0 Å². The Bertz CT molecular complexity index is 208. The van der Waals surface area contributed by atoms with Crippen LogP contribution in [-0.2, 0) is 14.3 Å². The lowest BCUT2D eigenvalue weighted by atomic mass is 10.3. The van der Waals surface area contributed by atoms with E-state index in [1.165, 1.54) is 7.11 Å². The Labute approximate surface area is 89.1 Å². The molecule has 0 aromatic heterocycles. The summed E-state index contributed by atoms with van der Waals surface area (Å²) in [6.45, 7) is 2.38. The second-order valence-electron chi connectivity index (χ2n) is 3.00. The highest BCUT2D eigenvalue weighted by molar-refractivity contribution is 5.76. The van der Waals surface area contributed by atoms with Crippen molar-refractivity contribution in [3.8, 4) is 0 Å². The van der Waals surface area contributed by atoms with Crippen LogP contribution in [0.2, 0.25) is 0 Å². The molecule has 0 aliphatic rings. The number of hydrogen-bond donors (Lipinski definition) is 2. The first-order valence-corrected chi connectivity index (χ1v) is 4.85. The maximum absolute atomic E-state index is 11.0. The van der Waals surface area contributed by atoms with Gasteiger partial charge in [0.2, 0.25) is 0 Å². The molecule has 0 bridgehead atoms. The SMILES string of the molecule is CCCCOC(=O)NC[C@H](N)C(=O)OC. The number of rotatable bonds is 6. The molecule has 0 spiro atoms. The lowest BCUT2D eigenvalue weighted by Gasteiger charge is -2.10. The third-order valence-corrected chi connectivity index (χ3v) is 1.70. The number of nitrogens with two attached hydrogens (primary N) is 1. The van der Waals surface area contributed by atoms with Crippen molar-refractivity contribution in [2.24, 2.45) is 5.73 Å². The van der Waals surface area contributed by atoms with E-state index in [-0.39, 0.29) is 6.54 Å². The smallest absolute Gasteiger partial charge is 0.407 e. The molecule has 6 heteroatoms. The normalized spacial score (nSPS) is 11.7. The predicted octanol–water partition coefficient (Wildman–Crippen LogP) is 0.0130. The first-order chi connectivity index (χ1) is 7.11. The largest absolute Gasteiger partial charge is 0.468 e. The van der Waals surface area contributed by atoms with Gasteiger partial charge in [0.15, 0.2) is 0 Å². The van der Waals surface area contributed by atoms with Crippen molar-refractivity contribution < 1.29 is 19.1 Å². The van der Waals surface area contributed by atoms with Gasteiger partial charge in [0.05, 0.1) is 13.7 Å². The molecule has 0 aliphatic heterocycles. The molecule has 0 saturated carbocycles. The summed E-state index contributed by atoms with van der Waals surface area (Å²) in [5.74, 6) is -0.566. The third kappa shape index (κ3) is 6.73. The number of esters is 1. The van der Waals surface area contributed by atoms with Crippen LogP contribution >= 0.6 is 0 Å². The van der Waals surface area contributed by atoms with Crippen LogP contribution in [0.15, 0.2) is 0 Å². The maximum atomic E-state index is 11.0. The van der Waals surface area contributed by atoms with E-state index in [1.807, 2.05) is 6.92 Å². The molecular weight excluding hydrogens is 200 g/mol. The van der Waals surface area contributed by atoms with Gasteiger partial charge in [-0.2, -0.15) is 0 Å². The number of carbonyl (C=O) groups is 2. The second kappa shape index (κ2) is 8.05. The number of ether oxygens (including phenoxy) is 2. The Morgan fingerprint density at radius 2 is 2.13 bits per heavy atom. The molecule has 15 heavy (non-hydrogen) atoms. The molecule has 0 fully saturated rings. The minimum absolute atomic E-state index is 0.0115. The number of nitrogens with one attached hydrogen (secondary N) is 1. The van der Waals surface area contributed by atoms with Gasteiger partial charge in [0, 0.05) is 6.54 Å². The quantitative estimate of drug-likeness (QED) is 0.484. The fourth-order valence-corrected chi connectivity index (χ4v) is 0.788. The summed E-state index contributed by atoms with van der Waals surface area (Å²) in [5.41, 5.74) is 5.39. The Morgan fingerprint density at radius 3 is 2.67 bits per heavy atom. The van der Waals surface area contributed by atoms with Crippen LogP contribution in [0.4, 0.5) is 4.79 Å². The van der Waals surface area contributed by atoms with E-state index in [4.69, 9.17) is 10.5 Å². The van der Waals surface area contributed by atoms with Gasteiger partial charge >= 0.3 is 12.1 Å². The summed E-state index contributed by atoms with van der Waals surface area (Å²) in [4.78, 5) is 21.8. The molecule has 0 heterocycles. The zero-order valence-corrected chi connectivity index (χ0v) is 9.12. The fourth-order valence-electron chi connectivity index (χ4n) is 0.788. The van der Waals surface area contributed by atoms with E-state index >= 15 is 0 Å². The highest BCUT2D eigenvalue weighted by Gasteiger charge is 2.14. The Balaban J connectivity index is 3.57. The minimum atomic E-state index is -0.853. The number of unbranched alkanes of at least 4 members (excludes halogenated alkanes) is 1. The van der Waals surface area contributed by atoms with E-state index in [9.17, 15) is 9.59 Å². The van der Waals surface area contributed by atoms with Crippen molar-refractivity contribution in [2.45, 2.75) is 25.8 Å². The predicted molar refractivity (Wildman–Crippen MR) is 54.3 cm³/mol. The molecule has 3 N–H and O–H groups in total. The Kier molecular flexibility index (Phi) is 7.35. The van der Waals surface area contributed by atoms with Crippen LogP contribution in [0.25, 0.3) is 0 Å². The molecule has 0 aliphatic carbocycles. The monoisotopic (exact) mass is 218 g/mol. The molecular formula is C9H18N2O4. The number of carbonyl (C=O) groups excluding carboxylic acids is 2. The van der Waals surface area contributed by atoms with E-state index in [0.29, 0.717) is 6.61 Å². The van der Waals surface area contributed by atoms with Gasteiger partial charge in [0.1, 0.15) is 6.04 Å². The topological polar surface area (TPSA) is 90.6 Å². The van der Waals surface area contributed by atoms with Crippen LogP contribution in [0.3, 0.4) is 0 Å². The fraction of sp³-hybridized carbons (Fsp3) is 0.778. The molecule has 6 nitrogen and oxygen atoms in total. The van der Waals surface area contributed by atoms with Crippen molar-refractivity contribution in [2.75, 3.05) is 20.3 Å². The van der Waals surface area contributed by atoms with Gasteiger partial charge in [-0.05, 0) is 6.42 Å². The summed E-state index contributed by atoms with van der Waals surface area (Å²) in [6.07, 6.45) is 1.20. The zero-order chi connectivity index (χ0) is 11.7. The highest BCUT2D eigenvalue weighted by Crippen LogP contribution is 1.88. The van der Waals surface area contributed by atoms with E-state index in [2.05, 4.69) is 10.1 Å². The van der Waals surface area contributed by atoms with Crippen LogP contribution in [0, 0.1) is 0 Å². The molecule has 0 radical (unpaired) electrons. The van der Waals surface area contributed by atoms with Crippen molar-refractivity contribution >= 4 is 12.1 Å². The third-order valence-electron chi connectivity index (χ3n) is 1.70. The number of hydrogen-bond acceptors (Lipinski definition) is 5. The van der Waals surface area contributed by atoms with Crippen molar-refractivity contribution in [3.05, 3.63) is 0 Å². The summed E-state index contributed by atoms with van der Waals surface area (Å²) in [5, 5.41) is 2.37. The molecule has 0 aromatic carbocycles. The molecule has 1 atom stereocenters. The molecule has 0 rings (SSSR count). The maximum Gasteiger partial charge on any atom is 0.407 e. The molecule has 0 unspecified atom stereocenters. The van der Waals surface area contributed by atoms with E-state index < -0.39 is 18.1 Å². The lowest BCUT2D eigenvalue weighted by molar-refractivity contribution is -0.141. The summed E-state index contributed by atoms with van der Waals surface area (Å²) >= 11 is 0. The summed E-state index contributed by atoms with van der Waals surface area (Å²) < 4.78 is 9.18. The van der Waals surface area contributed by atoms with Crippen molar-refractivity contribution in [3.63, 3.8) is 0 Å². The van der Waals surface area contributed by atoms with Crippen molar-refractivity contribution in [1.29, 1.82) is 0 Å². The van der Waals surface area contributed by atoms with Gasteiger partial charge in [0.25, 0.3) is 0 Å². The summed E-state index contributed by atoms with van der Waals surface area (Å²) in [7, 11) is 1.24. The standard InChI is InChI=1S/C9H18N2O4/c1-3-4-5-15-9(13)11-6-7(10)8(12)14-2/h7H,3-6,10H2,1-2H3,(H,11,13)/t7-/m0/s1. The highest BCUT2D eigenvalue weighted by atomic mass is 16.5. The molecule has 0 aromatic rings. The van der Waals surface area contributed by atoms with E-state index in [0.717, 1.165) is 12.8 Å². The average Bonchev–Trinajstić information content (AvgIpc) is 2.25. The zero-order valence-electron chi connectivity index (χ0n) is 9.12. The molecule has 0 saturated heterocycles. The first kappa shape index (κ1) is 13.7. The van der Waals surface area contributed by atoms with Gasteiger partial charge in [-0.25, -0.2) is 4.79 Å². The lowest BCUT2D eigenvalue weighted by Crippen LogP contribution is -2.43. The number of methoxy groups -OCH3 is 1. The van der Waals surface area contributed by atoms with E-state index in [1.54, 1.807) is 0 Å². The number of amides is 1. The van der Waals surface area contributed by atoms with Gasteiger partial charge in [-0.3, -0.25) is 4.79 Å². The van der Waals surface area contributed by atoms with Crippen LogP contribution < -0.4 is 11.1 Å². The van der Waals surface area contributed by atoms with Gasteiger partial charge in [-0.15, -0.1) is 0 Å². The molecule has 1 amide bonds. The van der Waals surface area contributed by atoms with Crippen LogP contribution in [-0.4, -0.2) is 38.4 Å². The van der Waals surface area contributed by atoms with Gasteiger partial charge in [-0.1, -0.05) is 13.3 Å².